The molecule has 1 aliphatic heterocycles. The Balaban J connectivity index is 1.52. The van der Waals surface area contributed by atoms with E-state index >= 15 is 0 Å². The van der Waals surface area contributed by atoms with Gasteiger partial charge in [0.15, 0.2) is 5.58 Å². The zero-order chi connectivity index (χ0) is 29.5. The van der Waals surface area contributed by atoms with E-state index in [-0.39, 0.29) is 50.8 Å². The van der Waals surface area contributed by atoms with E-state index in [4.69, 9.17) is 16.0 Å². The standard InChI is InChI=1S/C26H17ClF4N6O4/c1-11-20(22(38)35-19-8-12(23(39)40)6-7-32-19)21(15-4-2-13(9-16(15)27)26(29,30)31)36-24(33-11)37-25-34-17-5-3-14(28)10-18(17)41-25/h2-10,21H,1H3,(H,39,40)(H,32,35,38)(H2,33,34,36,37). The summed E-state index contributed by atoms with van der Waals surface area (Å²) < 4.78 is 58.9. The topological polar surface area (TPSA) is 142 Å². The van der Waals surface area contributed by atoms with Crippen molar-refractivity contribution < 1.29 is 36.7 Å². The van der Waals surface area contributed by atoms with Crippen LogP contribution in [0.15, 0.2) is 75.4 Å². The van der Waals surface area contributed by atoms with Crippen molar-refractivity contribution in [2.75, 3.05) is 10.6 Å². The summed E-state index contributed by atoms with van der Waals surface area (Å²) in [7, 11) is 0. The van der Waals surface area contributed by atoms with E-state index in [1.54, 1.807) is 0 Å². The van der Waals surface area contributed by atoms with Gasteiger partial charge in [-0.05, 0) is 43.3 Å². The van der Waals surface area contributed by atoms with Crippen LogP contribution in [0.5, 0.6) is 0 Å². The molecule has 2 aromatic heterocycles. The van der Waals surface area contributed by atoms with E-state index in [1.807, 2.05) is 0 Å². The Bertz CT molecular complexity index is 1770. The Morgan fingerprint density at radius 1 is 1.12 bits per heavy atom. The molecular formula is C26H17ClF4N6O4. The molecule has 1 aliphatic rings. The first-order chi connectivity index (χ1) is 19.4. The van der Waals surface area contributed by atoms with Crippen LogP contribution in [-0.2, 0) is 11.0 Å². The Morgan fingerprint density at radius 2 is 1.90 bits per heavy atom. The summed E-state index contributed by atoms with van der Waals surface area (Å²) in [6.07, 6.45) is -3.47. The first kappa shape index (κ1) is 27.6. The normalized spacial score (nSPS) is 15.4. The Labute approximate surface area is 232 Å². The average molecular weight is 589 g/mol. The molecule has 0 spiro atoms. The highest BCUT2D eigenvalue weighted by Gasteiger charge is 2.35. The first-order valence-electron chi connectivity index (χ1n) is 11.6. The summed E-state index contributed by atoms with van der Waals surface area (Å²) in [6.45, 7) is 1.51. The van der Waals surface area contributed by atoms with Gasteiger partial charge in [-0.3, -0.25) is 10.1 Å². The van der Waals surface area contributed by atoms with Crippen LogP contribution < -0.4 is 16.0 Å². The number of hydrogen-bond donors (Lipinski definition) is 4. The molecule has 0 fully saturated rings. The van der Waals surface area contributed by atoms with Crippen LogP contribution in [0.25, 0.3) is 11.1 Å². The van der Waals surface area contributed by atoms with E-state index in [2.05, 4.69) is 30.9 Å². The molecular weight excluding hydrogens is 572 g/mol. The third-order valence-electron chi connectivity index (χ3n) is 5.93. The number of carbonyl (C=O) groups excluding carboxylic acids is 1. The number of aliphatic imine (C=N–C) groups is 1. The lowest BCUT2D eigenvalue weighted by molar-refractivity contribution is -0.137. The second-order valence-electron chi connectivity index (χ2n) is 8.72. The number of amides is 1. The molecule has 0 saturated heterocycles. The second-order valence-corrected chi connectivity index (χ2v) is 9.13. The summed E-state index contributed by atoms with van der Waals surface area (Å²) in [6, 6.07) is 7.43. The monoisotopic (exact) mass is 588 g/mol. The molecule has 3 heterocycles. The molecule has 10 nitrogen and oxygen atoms in total. The number of anilines is 2. The molecule has 0 aliphatic carbocycles. The Hall–Kier alpha value is -4.98. The number of alkyl halides is 3. The quantitative estimate of drug-likeness (QED) is 0.216. The zero-order valence-electron chi connectivity index (χ0n) is 20.7. The van der Waals surface area contributed by atoms with E-state index in [0.29, 0.717) is 5.52 Å². The first-order valence-corrected chi connectivity index (χ1v) is 12.0. The van der Waals surface area contributed by atoms with Gasteiger partial charge >= 0.3 is 18.2 Å². The number of nitrogens with zero attached hydrogens (tertiary/aromatic N) is 3. The van der Waals surface area contributed by atoms with Crippen molar-refractivity contribution in [3.8, 4) is 0 Å². The zero-order valence-corrected chi connectivity index (χ0v) is 21.4. The van der Waals surface area contributed by atoms with E-state index < -0.39 is 35.5 Å². The van der Waals surface area contributed by atoms with Crippen molar-refractivity contribution in [2.45, 2.75) is 19.1 Å². The van der Waals surface area contributed by atoms with Crippen LogP contribution in [0, 0.1) is 5.82 Å². The summed E-state index contributed by atoms with van der Waals surface area (Å²) in [5.74, 6) is -2.64. The van der Waals surface area contributed by atoms with Gasteiger partial charge in [-0.2, -0.15) is 18.2 Å². The minimum Gasteiger partial charge on any atom is -0.478 e. The molecule has 0 radical (unpaired) electrons. The predicted molar refractivity (Wildman–Crippen MR) is 140 cm³/mol. The molecule has 41 heavy (non-hydrogen) atoms. The van der Waals surface area contributed by atoms with Crippen molar-refractivity contribution in [3.05, 3.63) is 93.5 Å². The molecule has 5 rings (SSSR count). The average Bonchev–Trinajstić information content (AvgIpc) is 3.29. The maximum absolute atomic E-state index is 13.6. The van der Waals surface area contributed by atoms with Gasteiger partial charge in [-0.1, -0.05) is 17.7 Å². The number of carboxylic acid groups (broad SMARTS) is 1. The molecule has 1 amide bonds. The number of rotatable bonds is 5. The largest absolute Gasteiger partial charge is 0.478 e. The number of aromatic carboxylic acids is 1. The van der Waals surface area contributed by atoms with Crippen LogP contribution in [0.1, 0.15) is 34.5 Å². The summed E-state index contributed by atoms with van der Waals surface area (Å²) in [5, 5.41) is 17.1. The minimum atomic E-state index is -4.66. The number of pyridine rings is 1. The van der Waals surface area contributed by atoms with Gasteiger partial charge in [0.25, 0.3) is 5.91 Å². The number of carboxylic acids is 1. The summed E-state index contributed by atoms with van der Waals surface area (Å²) in [4.78, 5) is 37.3. The Kier molecular flexibility index (Phi) is 7.09. The van der Waals surface area contributed by atoms with Crippen LogP contribution in [0.4, 0.5) is 29.4 Å². The fourth-order valence-electron chi connectivity index (χ4n) is 4.05. The molecule has 0 bridgehead atoms. The lowest BCUT2D eigenvalue weighted by atomic mass is 9.94. The highest BCUT2D eigenvalue weighted by Crippen LogP contribution is 2.39. The van der Waals surface area contributed by atoms with Crippen molar-refractivity contribution in [1.29, 1.82) is 0 Å². The third kappa shape index (κ3) is 5.82. The second kappa shape index (κ2) is 10.5. The number of oxazole rings is 1. The van der Waals surface area contributed by atoms with Crippen LogP contribution >= 0.6 is 11.6 Å². The fourth-order valence-corrected chi connectivity index (χ4v) is 4.34. The molecule has 2 aromatic carbocycles. The lowest BCUT2D eigenvalue weighted by Gasteiger charge is -2.27. The Morgan fingerprint density at radius 3 is 2.61 bits per heavy atom. The van der Waals surface area contributed by atoms with Gasteiger partial charge in [-0.25, -0.2) is 19.2 Å². The van der Waals surface area contributed by atoms with Crippen molar-refractivity contribution in [1.82, 2.24) is 15.3 Å². The molecule has 0 saturated carbocycles. The van der Waals surface area contributed by atoms with Gasteiger partial charge in [0.2, 0.25) is 5.96 Å². The van der Waals surface area contributed by atoms with E-state index in [1.165, 1.54) is 31.3 Å². The molecule has 1 unspecified atom stereocenters. The molecule has 4 N–H and O–H groups in total. The maximum Gasteiger partial charge on any atom is 0.416 e. The van der Waals surface area contributed by atoms with Gasteiger partial charge in [0.1, 0.15) is 23.2 Å². The molecule has 15 heteroatoms. The van der Waals surface area contributed by atoms with Crippen molar-refractivity contribution >= 4 is 52.4 Å². The molecule has 4 aromatic rings. The summed E-state index contributed by atoms with van der Waals surface area (Å²) >= 11 is 6.27. The SMILES string of the molecule is CC1=C(C(=O)Nc2cc(C(=O)O)ccn2)C(c2ccc(C(F)(F)F)cc2Cl)N=C(Nc2nc3ccc(F)cc3o2)N1. The van der Waals surface area contributed by atoms with Gasteiger partial charge in [0.05, 0.1) is 16.7 Å². The number of allylic oxidation sites excluding steroid dienone is 1. The van der Waals surface area contributed by atoms with Gasteiger partial charge in [-0.15, -0.1) is 0 Å². The van der Waals surface area contributed by atoms with Crippen LogP contribution in [0.2, 0.25) is 5.02 Å². The van der Waals surface area contributed by atoms with Crippen LogP contribution in [0.3, 0.4) is 0 Å². The van der Waals surface area contributed by atoms with Crippen molar-refractivity contribution in [3.63, 3.8) is 0 Å². The van der Waals surface area contributed by atoms with E-state index in [0.717, 1.165) is 30.3 Å². The van der Waals surface area contributed by atoms with E-state index in [9.17, 15) is 32.3 Å². The number of guanidine groups is 1. The fraction of sp³-hybridized carbons (Fsp3) is 0.115. The van der Waals surface area contributed by atoms with Crippen molar-refractivity contribution in [2.24, 2.45) is 4.99 Å². The number of nitrogens with one attached hydrogen (secondary N) is 3. The molecule has 210 valence electrons. The third-order valence-corrected chi connectivity index (χ3v) is 6.26. The van der Waals surface area contributed by atoms with Gasteiger partial charge in [0, 0.05) is 28.5 Å². The number of benzene rings is 2. The number of fused-ring (bicyclic) bond motifs is 1. The maximum atomic E-state index is 13.6. The van der Waals surface area contributed by atoms with Gasteiger partial charge < -0.3 is 20.2 Å². The number of hydrogen-bond acceptors (Lipinski definition) is 8. The number of aromatic nitrogens is 2. The molecule has 1 atom stereocenters. The highest BCUT2D eigenvalue weighted by atomic mass is 35.5. The summed E-state index contributed by atoms with van der Waals surface area (Å²) in [5.41, 5.74) is -0.394. The number of carbonyl (C=O) groups is 2. The lowest BCUT2D eigenvalue weighted by Crippen LogP contribution is -2.37. The van der Waals surface area contributed by atoms with Crippen LogP contribution in [-0.4, -0.2) is 32.9 Å². The number of halogens is 5. The highest BCUT2D eigenvalue weighted by molar-refractivity contribution is 6.31. The predicted octanol–water partition coefficient (Wildman–Crippen LogP) is 5.76. The smallest absolute Gasteiger partial charge is 0.416 e. The minimum absolute atomic E-state index is 0.00181.